The van der Waals surface area contributed by atoms with Gasteiger partial charge in [-0.25, -0.2) is 9.97 Å². The predicted octanol–water partition coefficient (Wildman–Crippen LogP) is 2.52. The van der Waals surface area contributed by atoms with Crippen LogP contribution in [-0.4, -0.2) is 29.2 Å². The van der Waals surface area contributed by atoms with Crippen molar-refractivity contribution in [2.75, 3.05) is 13.1 Å². The van der Waals surface area contributed by atoms with E-state index in [0.717, 1.165) is 41.8 Å². The molecule has 4 nitrogen and oxygen atoms in total. The number of hydrogen-bond acceptors (Lipinski definition) is 4. The molecule has 0 unspecified atom stereocenters. The Labute approximate surface area is 124 Å². The minimum absolute atomic E-state index is 0.365. The Morgan fingerprint density at radius 3 is 2.52 bits per heavy atom. The molecule has 2 aliphatic rings. The summed E-state index contributed by atoms with van der Waals surface area (Å²) < 4.78 is 6.21. The number of nitrogens with one attached hydrogen (secondary N) is 1. The van der Waals surface area contributed by atoms with Crippen LogP contribution in [0.5, 0.6) is 5.75 Å². The highest BCUT2D eigenvalue weighted by atomic mass is 16.5. The van der Waals surface area contributed by atoms with Crippen molar-refractivity contribution in [1.29, 1.82) is 0 Å². The third-order valence-electron chi connectivity index (χ3n) is 4.64. The van der Waals surface area contributed by atoms with Gasteiger partial charge >= 0.3 is 0 Å². The van der Waals surface area contributed by atoms with Crippen molar-refractivity contribution < 1.29 is 4.74 Å². The van der Waals surface area contributed by atoms with Crippen LogP contribution in [0.4, 0.5) is 0 Å². The van der Waals surface area contributed by atoms with Crippen LogP contribution in [0.3, 0.4) is 0 Å². The van der Waals surface area contributed by atoms with E-state index in [9.17, 15) is 0 Å². The third kappa shape index (κ3) is 2.63. The van der Waals surface area contributed by atoms with E-state index in [-0.39, 0.29) is 0 Å². The fourth-order valence-corrected chi connectivity index (χ4v) is 3.60. The molecule has 1 aliphatic heterocycles. The topological polar surface area (TPSA) is 47.0 Å². The first-order valence-corrected chi connectivity index (χ1v) is 7.61. The molecule has 2 aromatic rings. The standard InChI is InChI=1S/C17H19N3O/c1-2-12(15-9-19-11-20-10-15)4-16(3-1)21-17-5-13-7-18-8-14(13)6-17/h1-4,9-11,13-14,17-18H,5-8H2/t13-,14-/m1/s1. The van der Waals surface area contributed by atoms with Crippen LogP contribution in [0.15, 0.2) is 43.0 Å². The van der Waals surface area contributed by atoms with Gasteiger partial charge in [0.15, 0.2) is 0 Å². The maximum Gasteiger partial charge on any atom is 0.120 e. The first-order chi connectivity index (χ1) is 10.4. The maximum absolute atomic E-state index is 6.21. The Kier molecular flexibility index (Phi) is 3.31. The predicted molar refractivity (Wildman–Crippen MR) is 81.0 cm³/mol. The normalized spacial score (nSPS) is 25.0. The average Bonchev–Trinajstić information content (AvgIpc) is 3.10. The van der Waals surface area contributed by atoms with Gasteiger partial charge in [0.1, 0.15) is 12.1 Å². The van der Waals surface area contributed by atoms with Gasteiger partial charge in [-0.3, -0.25) is 0 Å². The van der Waals surface area contributed by atoms with Crippen molar-refractivity contribution >= 4 is 0 Å². The van der Waals surface area contributed by atoms with Crippen molar-refractivity contribution in [2.24, 2.45) is 11.8 Å². The number of aromatic nitrogens is 2. The van der Waals surface area contributed by atoms with Crippen LogP contribution in [0.1, 0.15) is 12.8 Å². The zero-order valence-corrected chi connectivity index (χ0v) is 11.9. The van der Waals surface area contributed by atoms with E-state index < -0.39 is 0 Å². The van der Waals surface area contributed by atoms with Crippen LogP contribution in [0.2, 0.25) is 0 Å². The summed E-state index contributed by atoms with van der Waals surface area (Å²) in [6.45, 7) is 2.32. The molecule has 1 aliphatic carbocycles. The van der Waals surface area contributed by atoms with Crippen molar-refractivity contribution in [3.8, 4) is 16.9 Å². The summed E-state index contributed by atoms with van der Waals surface area (Å²) in [5, 5.41) is 3.47. The van der Waals surface area contributed by atoms with E-state index in [0.29, 0.717) is 6.10 Å². The van der Waals surface area contributed by atoms with Gasteiger partial charge in [-0.1, -0.05) is 12.1 Å². The number of ether oxygens (including phenoxy) is 1. The molecule has 1 N–H and O–H groups in total. The summed E-state index contributed by atoms with van der Waals surface area (Å²) in [4.78, 5) is 8.15. The molecule has 1 aromatic carbocycles. The van der Waals surface area contributed by atoms with Crippen LogP contribution in [0, 0.1) is 11.8 Å². The highest BCUT2D eigenvalue weighted by Crippen LogP contribution is 2.37. The maximum atomic E-state index is 6.21. The van der Waals surface area contributed by atoms with Crippen LogP contribution in [0.25, 0.3) is 11.1 Å². The second-order valence-corrected chi connectivity index (χ2v) is 6.04. The highest BCUT2D eigenvalue weighted by molar-refractivity contribution is 5.63. The monoisotopic (exact) mass is 281 g/mol. The summed E-state index contributed by atoms with van der Waals surface area (Å²) in [7, 11) is 0. The smallest absolute Gasteiger partial charge is 0.120 e. The molecule has 1 aromatic heterocycles. The second kappa shape index (κ2) is 5.45. The fraction of sp³-hybridized carbons (Fsp3) is 0.412. The van der Waals surface area contributed by atoms with E-state index in [1.807, 2.05) is 24.5 Å². The van der Waals surface area contributed by atoms with Gasteiger partial charge in [-0.2, -0.15) is 0 Å². The first-order valence-electron chi connectivity index (χ1n) is 7.61. The molecule has 4 heteroatoms. The molecule has 0 radical (unpaired) electrons. The molecule has 1 saturated carbocycles. The van der Waals surface area contributed by atoms with Crippen molar-refractivity contribution in [3.05, 3.63) is 43.0 Å². The molecule has 2 heterocycles. The van der Waals surface area contributed by atoms with Gasteiger partial charge in [0.25, 0.3) is 0 Å². The van der Waals surface area contributed by atoms with E-state index in [2.05, 4.69) is 27.4 Å². The summed E-state index contributed by atoms with van der Waals surface area (Å²) in [6, 6.07) is 8.23. The van der Waals surface area contributed by atoms with Gasteiger partial charge in [-0.05, 0) is 55.5 Å². The highest BCUT2D eigenvalue weighted by Gasteiger charge is 2.38. The van der Waals surface area contributed by atoms with E-state index in [1.165, 1.54) is 12.8 Å². The van der Waals surface area contributed by atoms with Crippen molar-refractivity contribution in [2.45, 2.75) is 18.9 Å². The molecule has 108 valence electrons. The third-order valence-corrected chi connectivity index (χ3v) is 4.64. The lowest BCUT2D eigenvalue weighted by molar-refractivity contribution is 0.199. The molecule has 0 amide bonds. The number of benzene rings is 1. The Bertz CT molecular complexity index is 604. The molecule has 21 heavy (non-hydrogen) atoms. The van der Waals surface area contributed by atoms with Crippen LogP contribution < -0.4 is 10.1 Å². The minimum Gasteiger partial charge on any atom is -0.490 e. The summed E-state index contributed by atoms with van der Waals surface area (Å²) in [5.41, 5.74) is 2.13. The Hall–Kier alpha value is -1.94. The molecule has 0 spiro atoms. The summed E-state index contributed by atoms with van der Waals surface area (Å²) >= 11 is 0. The zero-order chi connectivity index (χ0) is 14.1. The van der Waals surface area contributed by atoms with Crippen molar-refractivity contribution in [1.82, 2.24) is 15.3 Å². The lowest BCUT2D eigenvalue weighted by Gasteiger charge is -2.15. The lowest BCUT2D eigenvalue weighted by Crippen LogP contribution is -2.18. The van der Waals surface area contributed by atoms with Gasteiger partial charge in [0, 0.05) is 18.0 Å². The molecular formula is C17H19N3O. The van der Waals surface area contributed by atoms with Crippen LogP contribution >= 0.6 is 0 Å². The van der Waals surface area contributed by atoms with E-state index >= 15 is 0 Å². The number of hydrogen-bond donors (Lipinski definition) is 1. The molecule has 2 fully saturated rings. The van der Waals surface area contributed by atoms with Gasteiger partial charge in [0.05, 0.1) is 6.10 Å². The van der Waals surface area contributed by atoms with Gasteiger partial charge < -0.3 is 10.1 Å². The quantitative estimate of drug-likeness (QED) is 0.939. The largest absolute Gasteiger partial charge is 0.490 e. The van der Waals surface area contributed by atoms with Crippen molar-refractivity contribution in [3.63, 3.8) is 0 Å². The minimum atomic E-state index is 0.365. The SMILES string of the molecule is c1cc(OC2C[C@@H]3CNC[C@H]3C2)cc(-c2cncnc2)c1. The average molecular weight is 281 g/mol. The van der Waals surface area contributed by atoms with E-state index in [1.54, 1.807) is 6.33 Å². The molecule has 0 bridgehead atoms. The molecule has 4 rings (SSSR count). The van der Waals surface area contributed by atoms with Crippen LogP contribution in [-0.2, 0) is 0 Å². The fourth-order valence-electron chi connectivity index (χ4n) is 3.60. The van der Waals surface area contributed by atoms with Gasteiger partial charge in [0.2, 0.25) is 0 Å². The second-order valence-electron chi connectivity index (χ2n) is 6.04. The Balaban J connectivity index is 1.49. The molecule has 2 atom stereocenters. The lowest BCUT2D eigenvalue weighted by atomic mass is 10.0. The Morgan fingerprint density at radius 1 is 1.00 bits per heavy atom. The van der Waals surface area contributed by atoms with E-state index in [4.69, 9.17) is 4.74 Å². The summed E-state index contributed by atoms with van der Waals surface area (Å²) in [6.07, 6.45) is 7.93. The Morgan fingerprint density at radius 2 is 1.76 bits per heavy atom. The molecular weight excluding hydrogens is 262 g/mol. The molecule has 1 saturated heterocycles. The summed E-state index contributed by atoms with van der Waals surface area (Å²) in [5.74, 6) is 2.57. The van der Waals surface area contributed by atoms with Gasteiger partial charge in [-0.15, -0.1) is 0 Å². The number of rotatable bonds is 3. The number of fused-ring (bicyclic) bond motifs is 1. The zero-order valence-electron chi connectivity index (χ0n) is 11.9. The number of nitrogens with zero attached hydrogens (tertiary/aromatic N) is 2. The first kappa shape index (κ1) is 12.8.